The first-order chi connectivity index (χ1) is 26.5. The number of rotatable bonds is 8. The summed E-state index contributed by atoms with van der Waals surface area (Å²) in [7, 11) is -9.70. The van der Waals surface area contributed by atoms with Crippen molar-refractivity contribution in [3.05, 3.63) is 218 Å². The molecule has 54 heavy (non-hydrogen) atoms. The second-order valence-electron chi connectivity index (χ2n) is 13.5. The van der Waals surface area contributed by atoms with Gasteiger partial charge in [-0.05, 0) is 32.9 Å². The lowest BCUT2D eigenvalue weighted by Crippen LogP contribution is -2.76. The zero-order chi connectivity index (χ0) is 36.6. The molecule has 1 aliphatic rings. The number of hydrogen-bond donors (Lipinski definition) is 0. The van der Waals surface area contributed by atoms with Crippen LogP contribution in [0.4, 0.5) is 0 Å². The molecule has 6 heteroatoms. The summed E-state index contributed by atoms with van der Waals surface area (Å²) in [5, 5.41) is 8.98. The Hall–Kier alpha value is -5.76. The molecule has 0 unspecified atom stereocenters. The predicted molar refractivity (Wildman–Crippen MR) is 229 cm³/mol. The molecule has 0 bridgehead atoms. The van der Waals surface area contributed by atoms with Crippen LogP contribution in [0.5, 0.6) is 11.5 Å². The zero-order valence-corrected chi connectivity index (χ0v) is 32.2. The van der Waals surface area contributed by atoms with Gasteiger partial charge in [0.25, 0.3) is 0 Å². The van der Waals surface area contributed by atoms with Crippen LogP contribution >= 0.6 is 14.3 Å². The number of fused-ring (bicyclic) bond motifs is 2. The lowest BCUT2D eigenvalue weighted by molar-refractivity contribution is 0.487. The highest BCUT2D eigenvalue weighted by molar-refractivity contribution is 7.85. The smallest absolute Gasteiger partial charge is 0.188 e. The molecular weight excluding hydrogens is 715 g/mol. The Labute approximate surface area is 317 Å². The quantitative estimate of drug-likeness (QED) is 0.133. The molecule has 0 atom stereocenters. The molecule has 0 saturated carbocycles. The van der Waals surface area contributed by atoms with Gasteiger partial charge in [-0.3, -0.25) is 0 Å². The van der Waals surface area contributed by atoms with Crippen LogP contribution < -0.4 is 57.3 Å². The molecule has 0 aromatic heterocycles. The molecule has 0 spiro atoms. The van der Waals surface area contributed by atoms with Crippen molar-refractivity contribution in [1.82, 2.24) is 0 Å². The summed E-state index contributed by atoms with van der Waals surface area (Å²) in [6, 6.07) is 72.8. The highest BCUT2D eigenvalue weighted by Gasteiger charge is 2.49. The van der Waals surface area contributed by atoms with Crippen molar-refractivity contribution in [3.8, 4) is 11.5 Å². The minimum Gasteiger partial charge on any atom is -0.457 e. The van der Waals surface area contributed by atoms with E-state index in [1.807, 2.05) is 133 Å². The Morgan fingerprint density at radius 2 is 0.593 bits per heavy atom. The van der Waals surface area contributed by atoms with E-state index < -0.39 is 22.4 Å². The van der Waals surface area contributed by atoms with Gasteiger partial charge >= 0.3 is 0 Å². The van der Waals surface area contributed by atoms with E-state index >= 15 is 9.13 Å². The summed E-state index contributed by atoms with van der Waals surface area (Å²) in [6.45, 7) is 0. The van der Waals surface area contributed by atoms with Crippen LogP contribution in [0.2, 0.25) is 0 Å². The molecule has 8 aromatic rings. The fraction of sp³-hybridized carbons (Fsp3) is 0. The van der Waals surface area contributed by atoms with Gasteiger partial charge in [0.15, 0.2) is 22.4 Å². The second kappa shape index (κ2) is 13.9. The molecule has 0 amide bonds. The number of benzene rings is 8. The third-order valence-corrected chi connectivity index (χ3v) is 21.5. The van der Waals surface area contributed by atoms with E-state index in [0.29, 0.717) is 22.1 Å². The fourth-order valence-corrected chi connectivity index (χ4v) is 18.3. The molecule has 9 rings (SSSR count). The Morgan fingerprint density at radius 3 is 0.889 bits per heavy atom. The SMILES string of the molecule is O=P(c1ccccc1)(c1ccccc1)c1ccc2c(c1)Oc1cc(P(=O)(c3ccccc3)c3ccccc3)ccc1[Si]2(c1ccccc1)c1ccccc1. The van der Waals surface area contributed by atoms with Crippen molar-refractivity contribution in [3.63, 3.8) is 0 Å². The van der Waals surface area contributed by atoms with E-state index in [2.05, 4.69) is 84.9 Å². The van der Waals surface area contributed by atoms with Crippen LogP contribution in [-0.2, 0) is 9.13 Å². The van der Waals surface area contributed by atoms with Gasteiger partial charge in [0.1, 0.15) is 11.5 Å². The largest absolute Gasteiger partial charge is 0.457 e. The van der Waals surface area contributed by atoms with Gasteiger partial charge < -0.3 is 13.9 Å². The van der Waals surface area contributed by atoms with E-state index in [1.165, 1.54) is 10.4 Å². The van der Waals surface area contributed by atoms with Crippen LogP contribution in [0.15, 0.2) is 218 Å². The summed E-state index contributed by atoms with van der Waals surface area (Å²) in [5.74, 6) is 1.33. The average molecular weight is 751 g/mol. The summed E-state index contributed by atoms with van der Waals surface area (Å²) >= 11 is 0. The standard InChI is InChI=1S/C48H36O3P2Si/c49-52(37-19-7-1-8-20-37,38-21-9-2-10-22-38)41-31-33-47-45(35-41)51-46-36-42(53(50,39-23-11-3-12-24-39)40-25-13-4-14-26-40)32-34-48(46)54(47,43-27-15-5-16-28-43)44-29-17-6-18-30-44/h1-36H. The lowest BCUT2D eigenvalue weighted by Gasteiger charge is -2.40. The Kier molecular flexibility index (Phi) is 8.76. The van der Waals surface area contributed by atoms with Crippen molar-refractivity contribution in [2.24, 2.45) is 0 Å². The highest BCUT2D eigenvalue weighted by Crippen LogP contribution is 2.45. The molecule has 3 nitrogen and oxygen atoms in total. The third kappa shape index (κ3) is 5.41. The normalized spacial score (nSPS) is 13.3. The van der Waals surface area contributed by atoms with E-state index in [1.54, 1.807) is 0 Å². The molecule has 0 saturated heterocycles. The molecule has 0 N–H and O–H groups in total. The van der Waals surface area contributed by atoms with Gasteiger partial charge in [0.05, 0.1) is 0 Å². The van der Waals surface area contributed by atoms with Crippen LogP contribution in [0.3, 0.4) is 0 Å². The van der Waals surface area contributed by atoms with Gasteiger partial charge in [-0.1, -0.05) is 206 Å². The monoisotopic (exact) mass is 750 g/mol. The maximum absolute atomic E-state index is 15.7. The van der Waals surface area contributed by atoms with Crippen LogP contribution in [0.25, 0.3) is 0 Å². The maximum Gasteiger partial charge on any atom is 0.188 e. The van der Waals surface area contributed by atoms with Crippen molar-refractivity contribution in [2.75, 3.05) is 0 Å². The summed E-state index contributed by atoms with van der Waals surface area (Å²) in [4.78, 5) is 0. The van der Waals surface area contributed by atoms with Crippen molar-refractivity contribution in [1.29, 1.82) is 0 Å². The van der Waals surface area contributed by atoms with Crippen molar-refractivity contribution < 1.29 is 13.9 Å². The van der Waals surface area contributed by atoms with Crippen LogP contribution in [-0.4, -0.2) is 8.07 Å². The average Bonchev–Trinajstić information content (AvgIpc) is 3.26. The molecule has 8 aromatic carbocycles. The molecule has 0 fully saturated rings. The second-order valence-corrected chi connectivity index (χ2v) is 22.8. The first-order valence-electron chi connectivity index (χ1n) is 18.1. The predicted octanol–water partition coefficient (Wildman–Crippen LogP) is 6.45. The molecule has 1 heterocycles. The molecule has 0 radical (unpaired) electrons. The van der Waals surface area contributed by atoms with E-state index in [4.69, 9.17) is 4.74 Å². The minimum absolute atomic E-state index is 0.665. The van der Waals surface area contributed by atoms with Gasteiger partial charge in [-0.15, -0.1) is 0 Å². The molecule has 0 aliphatic carbocycles. The molecule has 1 aliphatic heterocycles. The maximum atomic E-state index is 15.7. The Morgan fingerprint density at radius 1 is 0.315 bits per heavy atom. The fourth-order valence-electron chi connectivity index (χ4n) is 8.08. The van der Waals surface area contributed by atoms with Gasteiger partial charge in [-0.25, -0.2) is 0 Å². The van der Waals surface area contributed by atoms with Crippen molar-refractivity contribution in [2.45, 2.75) is 0 Å². The summed E-state index contributed by atoms with van der Waals surface area (Å²) in [5.41, 5.74) is 0. The van der Waals surface area contributed by atoms with Crippen molar-refractivity contribution >= 4 is 74.9 Å². The van der Waals surface area contributed by atoms with E-state index in [0.717, 1.165) is 31.6 Å². The Bertz CT molecular complexity index is 2400. The minimum atomic E-state index is -3.32. The first kappa shape index (κ1) is 34.0. The van der Waals surface area contributed by atoms with Gasteiger partial charge in [0, 0.05) is 31.8 Å². The first-order valence-corrected chi connectivity index (χ1v) is 23.5. The summed E-state index contributed by atoms with van der Waals surface area (Å²) < 4.78 is 38.4. The highest BCUT2D eigenvalue weighted by atomic mass is 31.2. The molecular formula is C48H36O3P2Si. The summed E-state index contributed by atoms with van der Waals surface area (Å²) in [6.07, 6.45) is 0. The topological polar surface area (TPSA) is 43.4 Å². The van der Waals surface area contributed by atoms with E-state index in [-0.39, 0.29) is 0 Å². The number of ether oxygens (including phenoxy) is 1. The van der Waals surface area contributed by atoms with Crippen LogP contribution in [0, 0.1) is 0 Å². The lowest BCUT2D eigenvalue weighted by atomic mass is 10.3. The van der Waals surface area contributed by atoms with Gasteiger partial charge in [-0.2, -0.15) is 0 Å². The molecule has 260 valence electrons. The number of hydrogen-bond acceptors (Lipinski definition) is 3. The third-order valence-electron chi connectivity index (χ3n) is 10.6. The van der Waals surface area contributed by atoms with Crippen LogP contribution in [0.1, 0.15) is 0 Å². The zero-order valence-electron chi connectivity index (χ0n) is 29.4. The van der Waals surface area contributed by atoms with Gasteiger partial charge in [0.2, 0.25) is 0 Å². The van der Waals surface area contributed by atoms with E-state index in [9.17, 15) is 0 Å². The Balaban J connectivity index is 1.34.